The Bertz CT molecular complexity index is 324. The van der Waals surface area contributed by atoms with Gasteiger partial charge in [0.25, 0.3) is 5.69 Å². The fourth-order valence-electron chi connectivity index (χ4n) is 0.986. The molecule has 4 heteroatoms. The van der Waals surface area contributed by atoms with Gasteiger partial charge in [-0.25, -0.2) is 4.85 Å². The maximum atomic E-state index is 6.91. The van der Waals surface area contributed by atoms with Crippen molar-refractivity contribution < 1.29 is 0 Å². The average molecular weight is 164 g/mol. The van der Waals surface area contributed by atoms with Gasteiger partial charge in [-0.2, -0.15) is 5.10 Å². The van der Waals surface area contributed by atoms with Crippen molar-refractivity contribution in [2.45, 2.75) is 26.2 Å². The number of H-pyrrole nitrogens is 1. The molecule has 0 unspecified atom stereocenters. The van der Waals surface area contributed by atoms with E-state index >= 15 is 0 Å². The van der Waals surface area contributed by atoms with Crippen LogP contribution in [0.25, 0.3) is 4.85 Å². The maximum Gasteiger partial charge on any atom is 0.250 e. The van der Waals surface area contributed by atoms with Gasteiger partial charge in [0.2, 0.25) is 0 Å². The van der Waals surface area contributed by atoms with Gasteiger partial charge in [0.15, 0.2) is 5.82 Å². The Kier molecular flexibility index (Phi) is 1.81. The van der Waals surface area contributed by atoms with Gasteiger partial charge < -0.3 is 5.73 Å². The summed E-state index contributed by atoms with van der Waals surface area (Å²) in [5.41, 5.74) is 6.63. The van der Waals surface area contributed by atoms with Crippen molar-refractivity contribution in [3.8, 4) is 0 Å². The zero-order chi connectivity index (χ0) is 9.35. The first-order chi connectivity index (χ1) is 5.46. The van der Waals surface area contributed by atoms with E-state index in [1.165, 1.54) is 0 Å². The molecule has 0 aliphatic carbocycles. The van der Waals surface area contributed by atoms with Crippen molar-refractivity contribution in [3.05, 3.63) is 17.1 Å². The zero-order valence-corrected chi connectivity index (χ0v) is 7.47. The Morgan fingerprint density at radius 1 is 1.50 bits per heavy atom. The highest BCUT2D eigenvalue weighted by molar-refractivity contribution is 5.67. The van der Waals surface area contributed by atoms with Crippen LogP contribution in [-0.4, -0.2) is 10.2 Å². The summed E-state index contributed by atoms with van der Waals surface area (Å²) in [6.45, 7) is 12.9. The van der Waals surface area contributed by atoms with Gasteiger partial charge in [-0.3, -0.25) is 5.10 Å². The quantitative estimate of drug-likeness (QED) is 0.575. The highest BCUT2D eigenvalue weighted by Crippen LogP contribution is 2.33. The number of nitrogen functional groups attached to an aromatic ring is 1. The van der Waals surface area contributed by atoms with Crippen LogP contribution < -0.4 is 5.73 Å². The Hall–Kier alpha value is -1.50. The minimum atomic E-state index is -0.107. The van der Waals surface area contributed by atoms with Crippen LogP contribution >= 0.6 is 0 Å². The molecule has 0 atom stereocenters. The van der Waals surface area contributed by atoms with Gasteiger partial charge in [-0.1, -0.05) is 20.8 Å². The Balaban J connectivity index is 3.28. The van der Waals surface area contributed by atoms with Gasteiger partial charge in [-0.05, 0) is 5.41 Å². The summed E-state index contributed by atoms with van der Waals surface area (Å²) >= 11 is 0. The highest BCUT2D eigenvalue weighted by Gasteiger charge is 2.22. The van der Waals surface area contributed by atoms with E-state index in [9.17, 15) is 0 Å². The number of rotatable bonds is 0. The molecule has 0 saturated heterocycles. The third kappa shape index (κ3) is 1.26. The summed E-state index contributed by atoms with van der Waals surface area (Å²) in [4.78, 5) is 3.33. The lowest BCUT2D eigenvalue weighted by molar-refractivity contribution is 0.569. The number of aromatic amines is 1. The number of nitrogens with one attached hydrogen (secondary N) is 1. The van der Waals surface area contributed by atoms with Crippen LogP contribution in [0.5, 0.6) is 0 Å². The fourth-order valence-corrected chi connectivity index (χ4v) is 0.986. The van der Waals surface area contributed by atoms with Crippen LogP contribution in [0.15, 0.2) is 0 Å². The molecule has 3 N–H and O–H groups in total. The van der Waals surface area contributed by atoms with Crippen molar-refractivity contribution >= 4 is 11.5 Å². The van der Waals surface area contributed by atoms with Crippen molar-refractivity contribution in [1.29, 1.82) is 0 Å². The predicted octanol–water partition coefficient (Wildman–Crippen LogP) is 1.84. The number of nitrogens with two attached hydrogens (primary N) is 1. The Morgan fingerprint density at radius 2 is 2.08 bits per heavy atom. The van der Waals surface area contributed by atoms with Gasteiger partial charge in [0.05, 0.1) is 6.57 Å². The molecule has 0 aliphatic heterocycles. The second-order valence-corrected chi connectivity index (χ2v) is 3.69. The van der Waals surface area contributed by atoms with Crippen molar-refractivity contribution in [3.63, 3.8) is 0 Å². The largest absolute Gasteiger partial charge is 0.391 e. The lowest BCUT2D eigenvalue weighted by Gasteiger charge is -2.16. The molecule has 1 heterocycles. The molecule has 0 fully saturated rings. The van der Waals surface area contributed by atoms with Gasteiger partial charge in [0, 0.05) is 5.69 Å². The number of anilines is 1. The van der Waals surface area contributed by atoms with E-state index in [0.29, 0.717) is 5.69 Å². The van der Waals surface area contributed by atoms with E-state index in [1.54, 1.807) is 0 Å². The first kappa shape index (κ1) is 8.60. The van der Waals surface area contributed by atoms with E-state index in [0.717, 1.165) is 5.69 Å². The van der Waals surface area contributed by atoms with Gasteiger partial charge in [-0.15, -0.1) is 0 Å². The van der Waals surface area contributed by atoms with E-state index in [4.69, 9.17) is 12.3 Å². The number of nitrogens with zero attached hydrogens (tertiary/aromatic N) is 2. The van der Waals surface area contributed by atoms with Crippen LogP contribution in [0.1, 0.15) is 26.5 Å². The van der Waals surface area contributed by atoms with Crippen molar-refractivity contribution in [2.24, 2.45) is 0 Å². The molecule has 0 aromatic carbocycles. The van der Waals surface area contributed by atoms with Crippen molar-refractivity contribution in [1.82, 2.24) is 10.2 Å². The highest BCUT2D eigenvalue weighted by atomic mass is 15.2. The molecule has 0 radical (unpaired) electrons. The third-order valence-corrected chi connectivity index (χ3v) is 1.63. The molecule has 12 heavy (non-hydrogen) atoms. The van der Waals surface area contributed by atoms with E-state index in [1.807, 2.05) is 20.8 Å². The molecule has 0 saturated carbocycles. The van der Waals surface area contributed by atoms with Crippen LogP contribution in [0.2, 0.25) is 0 Å². The number of hydrogen-bond acceptors (Lipinski definition) is 2. The molecule has 4 nitrogen and oxygen atoms in total. The number of aromatic nitrogens is 2. The van der Waals surface area contributed by atoms with E-state index in [2.05, 4.69) is 15.0 Å². The smallest absolute Gasteiger partial charge is 0.250 e. The van der Waals surface area contributed by atoms with E-state index in [-0.39, 0.29) is 11.2 Å². The lowest BCUT2D eigenvalue weighted by Crippen LogP contribution is -2.11. The molecule has 1 rings (SSSR count). The van der Waals surface area contributed by atoms with Crippen LogP contribution in [-0.2, 0) is 5.41 Å². The molecule has 64 valence electrons. The molecular formula is C8H12N4. The Morgan fingerprint density at radius 3 is 2.42 bits per heavy atom. The SMILES string of the molecule is [C-]#[N+]c1c(N)n[nH]c1C(C)(C)C. The van der Waals surface area contributed by atoms with Crippen LogP contribution in [0, 0.1) is 6.57 Å². The third-order valence-electron chi connectivity index (χ3n) is 1.63. The summed E-state index contributed by atoms with van der Waals surface area (Å²) in [6.07, 6.45) is 0. The topological polar surface area (TPSA) is 59.1 Å². The molecule has 1 aromatic rings. The minimum absolute atomic E-state index is 0.107. The van der Waals surface area contributed by atoms with Gasteiger partial charge >= 0.3 is 0 Å². The normalized spacial score (nSPS) is 11.2. The summed E-state index contributed by atoms with van der Waals surface area (Å²) in [5.74, 6) is 0.287. The Labute approximate surface area is 71.6 Å². The maximum absolute atomic E-state index is 6.91. The lowest BCUT2D eigenvalue weighted by atomic mass is 9.91. The zero-order valence-electron chi connectivity index (χ0n) is 7.47. The first-order valence-corrected chi connectivity index (χ1v) is 3.68. The second kappa shape index (κ2) is 2.52. The summed E-state index contributed by atoms with van der Waals surface area (Å²) in [6, 6.07) is 0. The minimum Gasteiger partial charge on any atom is -0.391 e. The molecular weight excluding hydrogens is 152 g/mol. The summed E-state index contributed by atoms with van der Waals surface area (Å²) in [7, 11) is 0. The predicted molar refractivity (Wildman–Crippen MR) is 48.0 cm³/mol. The molecule has 0 aliphatic rings. The molecule has 0 amide bonds. The average Bonchev–Trinajstić information content (AvgIpc) is 2.29. The second-order valence-electron chi connectivity index (χ2n) is 3.69. The first-order valence-electron chi connectivity index (χ1n) is 3.68. The van der Waals surface area contributed by atoms with E-state index < -0.39 is 0 Å². The fraction of sp³-hybridized carbons (Fsp3) is 0.500. The molecule has 1 aromatic heterocycles. The number of hydrogen-bond donors (Lipinski definition) is 2. The van der Waals surface area contributed by atoms with Crippen LogP contribution in [0.3, 0.4) is 0 Å². The summed E-state index contributed by atoms with van der Waals surface area (Å²) in [5, 5.41) is 6.57. The summed E-state index contributed by atoms with van der Waals surface area (Å²) < 4.78 is 0. The molecule has 0 spiro atoms. The van der Waals surface area contributed by atoms with Crippen molar-refractivity contribution in [2.75, 3.05) is 5.73 Å². The van der Waals surface area contributed by atoms with Gasteiger partial charge in [0.1, 0.15) is 0 Å². The monoisotopic (exact) mass is 164 g/mol. The molecule has 0 bridgehead atoms. The standard InChI is InChI=1S/C8H12N4/c1-8(2,3)6-5(10-4)7(9)12-11-6/h1-3H3,(H3,9,11,12). The van der Waals surface area contributed by atoms with Crippen LogP contribution in [0.4, 0.5) is 11.5 Å².